The lowest BCUT2D eigenvalue weighted by molar-refractivity contribution is -0.134. The highest BCUT2D eigenvalue weighted by Crippen LogP contribution is 2.24. The van der Waals surface area contributed by atoms with Gasteiger partial charge in [-0.25, -0.2) is 0 Å². The van der Waals surface area contributed by atoms with E-state index in [1.54, 1.807) is 0 Å². The summed E-state index contributed by atoms with van der Waals surface area (Å²) in [4.78, 5) is 29.0. The standard InChI is InChI=1S/C20H28N2O2.ClH/c1-21(2)14-17-7-3-4-11-22(17)20(24)13-15-9-10-18-16(12-15)6-5-8-19(18)23;/h9-10,12,17H,3-8,11,13-14H2,1-2H3;1H/t17-;/m0./s1. The number of likely N-dealkylation sites (tertiary alicyclic amines) is 1. The minimum absolute atomic E-state index is 0. The summed E-state index contributed by atoms with van der Waals surface area (Å²) in [5.74, 6) is 0.472. The zero-order valence-corrected chi connectivity index (χ0v) is 16.1. The summed E-state index contributed by atoms with van der Waals surface area (Å²) in [7, 11) is 4.13. The van der Waals surface area contributed by atoms with Gasteiger partial charge in [0, 0.05) is 31.1 Å². The summed E-state index contributed by atoms with van der Waals surface area (Å²) in [6.07, 6.45) is 6.41. The number of nitrogens with zero attached hydrogens (tertiary/aromatic N) is 2. The van der Waals surface area contributed by atoms with Crippen LogP contribution in [0.15, 0.2) is 18.2 Å². The number of aryl methyl sites for hydroxylation is 1. The quantitative estimate of drug-likeness (QED) is 0.824. The molecule has 25 heavy (non-hydrogen) atoms. The second-order valence-corrected chi connectivity index (χ2v) is 7.44. The molecule has 1 amide bonds. The maximum absolute atomic E-state index is 12.8. The lowest BCUT2D eigenvalue weighted by Gasteiger charge is -2.37. The Kier molecular flexibility index (Phi) is 7.03. The van der Waals surface area contributed by atoms with Gasteiger partial charge in [-0.3, -0.25) is 9.59 Å². The minimum atomic E-state index is 0. The first-order valence-electron chi connectivity index (χ1n) is 9.14. The minimum Gasteiger partial charge on any atom is -0.338 e. The molecule has 1 aromatic carbocycles. The van der Waals surface area contributed by atoms with Crippen molar-refractivity contribution >= 4 is 24.1 Å². The lowest BCUT2D eigenvalue weighted by atomic mass is 9.89. The zero-order chi connectivity index (χ0) is 17.1. The fourth-order valence-electron chi connectivity index (χ4n) is 4.03. The molecule has 0 bridgehead atoms. The van der Waals surface area contributed by atoms with Crippen molar-refractivity contribution in [1.29, 1.82) is 0 Å². The average Bonchev–Trinajstić information content (AvgIpc) is 2.55. The monoisotopic (exact) mass is 364 g/mol. The molecule has 1 heterocycles. The Morgan fingerprint density at radius 1 is 1.20 bits per heavy atom. The Bertz CT molecular complexity index is 630. The van der Waals surface area contributed by atoms with Gasteiger partial charge in [-0.15, -0.1) is 12.4 Å². The molecular formula is C20H29ClN2O2. The number of piperidine rings is 1. The van der Waals surface area contributed by atoms with E-state index in [1.165, 1.54) is 6.42 Å². The molecule has 1 fully saturated rings. The van der Waals surface area contributed by atoms with E-state index in [0.29, 0.717) is 18.9 Å². The van der Waals surface area contributed by atoms with E-state index in [1.807, 2.05) is 12.1 Å². The summed E-state index contributed by atoms with van der Waals surface area (Å²) >= 11 is 0. The number of carbonyl (C=O) groups is 2. The van der Waals surface area contributed by atoms with E-state index >= 15 is 0 Å². The number of hydrogen-bond donors (Lipinski definition) is 0. The highest BCUT2D eigenvalue weighted by atomic mass is 35.5. The van der Waals surface area contributed by atoms with Crippen LogP contribution in [0.25, 0.3) is 0 Å². The second-order valence-electron chi connectivity index (χ2n) is 7.44. The van der Waals surface area contributed by atoms with Crippen LogP contribution in [-0.4, -0.2) is 54.7 Å². The molecule has 0 aromatic heterocycles. The molecule has 0 radical (unpaired) electrons. The Morgan fingerprint density at radius 2 is 2.00 bits per heavy atom. The summed E-state index contributed by atoms with van der Waals surface area (Å²) in [6, 6.07) is 6.30. The van der Waals surface area contributed by atoms with Crippen LogP contribution in [-0.2, 0) is 17.6 Å². The van der Waals surface area contributed by atoms with Crippen LogP contribution in [0.2, 0.25) is 0 Å². The van der Waals surface area contributed by atoms with Gasteiger partial charge in [0.05, 0.1) is 6.42 Å². The van der Waals surface area contributed by atoms with E-state index in [-0.39, 0.29) is 24.1 Å². The average molecular weight is 365 g/mol. The van der Waals surface area contributed by atoms with E-state index in [4.69, 9.17) is 0 Å². The van der Waals surface area contributed by atoms with E-state index in [2.05, 4.69) is 30.0 Å². The first-order valence-corrected chi connectivity index (χ1v) is 9.14. The molecule has 0 unspecified atom stereocenters. The summed E-state index contributed by atoms with van der Waals surface area (Å²) in [6.45, 7) is 1.81. The summed E-state index contributed by atoms with van der Waals surface area (Å²) in [5.41, 5.74) is 3.03. The maximum atomic E-state index is 12.8. The second kappa shape index (κ2) is 8.81. The number of ketones is 1. The van der Waals surface area contributed by atoms with Gasteiger partial charge in [-0.2, -0.15) is 0 Å². The molecule has 1 saturated heterocycles. The van der Waals surface area contributed by atoms with Crippen LogP contribution in [0.1, 0.15) is 53.6 Å². The Balaban J connectivity index is 0.00000225. The van der Waals surface area contributed by atoms with Crippen molar-refractivity contribution in [3.8, 4) is 0 Å². The van der Waals surface area contributed by atoms with E-state index in [9.17, 15) is 9.59 Å². The fourth-order valence-corrected chi connectivity index (χ4v) is 4.03. The number of amides is 1. The molecule has 0 spiro atoms. The van der Waals surface area contributed by atoms with Crippen molar-refractivity contribution in [3.63, 3.8) is 0 Å². The van der Waals surface area contributed by atoms with Crippen molar-refractivity contribution in [1.82, 2.24) is 9.80 Å². The number of halogens is 1. The fraction of sp³-hybridized carbons (Fsp3) is 0.600. The van der Waals surface area contributed by atoms with Gasteiger partial charge < -0.3 is 9.80 Å². The third-order valence-electron chi connectivity index (χ3n) is 5.20. The number of Topliss-reactive ketones (excluding diaryl/α,β-unsaturated/α-hetero) is 1. The van der Waals surface area contributed by atoms with Gasteiger partial charge in [0.25, 0.3) is 0 Å². The molecule has 5 heteroatoms. The Morgan fingerprint density at radius 3 is 2.76 bits per heavy atom. The third kappa shape index (κ3) is 4.83. The molecule has 1 atom stereocenters. The first kappa shape index (κ1) is 19.9. The molecule has 2 aliphatic rings. The normalized spacial score (nSPS) is 20.2. The number of benzene rings is 1. The molecule has 3 rings (SSSR count). The topological polar surface area (TPSA) is 40.6 Å². The van der Waals surface area contributed by atoms with Crippen molar-refractivity contribution in [2.75, 3.05) is 27.2 Å². The SMILES string of the molecule is CN(C)C[C@@H]1CCCCN1C(=O)Cc1ccc2c(c1)CCCC2=O.Cl. The van der Waals surface area contributed by atoms with E-state index < -0.39 is 0 Å². The van der Waals surface area contributed by atoms with Crippen molar-refractivity contribution < 1.29 is 9.59 Å². The van der Waals surface area contributed by atoms with Crippen molar-refractivity contribution in [3.05, 3.63) is 34.9 Å². The largest absolute Gasteiger partial charge is 0.338 e. The molecule has 4 nitrogen and oxygen atoms in total. The molecule has 1 aromatic rings. The van der Waals surface area contributed by atoms with Crippen LogP contribution in [0.3, 0.4) is 0 Å². The first-order chi connectivity index (χ1) is 11.5. The number of rotatable bonds is 4. The van der Waals surface area contributed by atoms with Gasteiger partial charge in [0.15, 0.2) is 5.78 Å². The van der Waals surface area contributed by atoms with Gasteiger partial charge in [0.2, 0.25) is 5.91 Å². The van der Waals surface area contributed by atoms with Gasteiger partial charge in [-0.1, -0.05) is 18.2 Å². The summed E-state index contributed by atoms with van der Waals surface area (Å²) < 4.78 is 0. The predicted octanol–water partition coefficient (Wildman–Crippen LogP) is 3.11. The van der Waals surface area contributed by atoms with Gasteiger partial charge in [0.1, 0.15) is 0 Å². The summed E-state index contributed by atoms with van der Waals surface area (Å²) in [5, 5.41) is 0. The molecule has 1 aliphatic carbocycles. The molecular weight excluding hydrogens is 336 g/mol. The predicted molar refractivity (Wildman–Crippen MR) is 103 cm³/mol. The van der Waals surface area contributed by atoms with Gasteiger partial charge >= 0.3 is 0 Å². The molecule has 0 saturated carbocycles. The zero-order valence-electron chi connectivity index (χ0n) is 15.3. The van der Waals surface area contributed by atoms with Crippen LogP contribution in [0.4, 0.5) is 0 Å². The number of carbonyl (C=O) groups excluding carboxylic acids is 2. The smallest absolute Gasteiger partial charge is 0.227 e. The van der Waals surface area contributed by atoms with Crippen LogP contribution in [0, 0.1) is 0 Å². The maximum Gasteiger partial charge on any atom is 0.227 e. The van der Waals surface area contributed by atoms with Crippen LogP contribution in [0.5, 0.6) is 0 Å². The van der Waals surface area contributed by atoms with Crippen molar-refractivity contribution in [2.45, 2.75) is 51.0 Å². The number of hydrogen-bond acceptors (Lipinski definition) is 3. The lowest BCUT2D eigenvalue weighted by Crippen LogP contribution is -2.48. The molecule has 1 aliphatic heterocycles. The Hall–Kier alpha value is -1.39. The highest BCUT2D eigenvalue weighted by molar-refractivity contribution is 5.98. The molecule has 0 N–H and O–H groups in total. The van der Waals surface area contributed by atoms with E-state index in [0.717, 1.165) is 55.5 Å². The molecule has 138 valence electrons. The van der Waals surface area contributed by atoms with Crippen LogP contribution < -0.4 is 0 Å². The highest BCUT2D eigenvalue weighted by Gasteiger charge is 2.27. The van der Waals surface area contributed by atoms with Crippen LogP contribution >= 0.6 is 12.4 Å². The Labute approximate surface area is 157 Å². The number of likely N-dealkylation sites (N-methyl/N-ethyl adjacent to an activating group) is 1. The number of fused-ring (bicyclic) bond motifs is 1. The van der Waals surface area contributed by atoms with Crippen molar-refractivity contribution in [2.24, 2.45) is 0 Å². The third-order valence-corrected chi connectivity index (χ3v) is 5.20. The van der Waals surface area contributed by atoms with Gasteiger partial charge in [-0.05, 0) is 57.3 Å².